The van der Waals surface area contributed by atoms with Gasteiger partial charge in [0.2, 0.25) is 0 Å². The van der Waals surface area contributed by atoms with Crippen LogP contribution in [0.25, 0.3) is 0 Å². The first-order valence-corrected chi connectivity index (χ1v) is 6.18. The molecule has 0 aliphatic carbocycles. The van der Waals surface area contributed by atoms with Crippen LogP contribution in [0.1, 0.15) is 23.0 Å². The van der Waals surface area contributed by atoms with Crippen molar-refractivity contribution in [3.63, 3.8) is 0 Å². The van der Waals surface area contributed by atoms with E-state index in [1.165, 1.54) is 6.26 Å². The van der Waals surface area contributed by atoms with Gasteiger partial charge in [-0.25, -0.2) is 4.79 Å². The van der Waals surface area contributed by atoms with Crippen LogP contribution in [0.15, 0.2) is 28.9 Å². The van der Waals surface area contributed by atoms with Gasteiger partial charge in [-0.15, -0.1) is 0 Å². The summed E-state index contributed by atoms with van der Waals surface area (Å²) in [6, 6.07) is 5.88. The third kappa shape index (κ3) is 3.09. The SMILES string of the molecule is CCOC(=O)c1coc(Nc2cc(C)ccc2OC)n1. The Hall–Kier alpha value is -2.50. The van der Waals surface area contributed by atoms with E-state index in [1.807, 2.05) is 25.1 Å². The van der Waals surface area contributed by atoms with E-state index >= 15 is 0 Å². The highest BCUT2D eigenvalue weighted by molar-refractivity contribution is 5.87. The number of aryl methyl sites for hydroxylation is 1. The number of methoxy groups -OCH3 is 1. The molecule has 6 heteroatoms. The molecule has 0 radical (unpaired) electrons. The van der Waals surface area contributed by atoms with Crippen LogP contribution in [0.2, 0.25) is 0 Å². The minimum atomic E-state index is -0.513. The number of esters is 1. The molecular formula is C14H16N2O4. The van der Waals surface area contributed by atoms with Crippen LogP contribution in [0.4, 0.5) is 11.7 Å². The minimum Gasteiger partial charge on any atom is -0.495 e. The summed E-state index contributed by atoms with van der Waals surface area (Å²) in [7, 11) is 1.58. The smallest absolute Gasteiger partial charge is 0.360 e. The number of oxazole rings is 1. The maximum atomic E-state index is 11.5. The van der Waals surface area contributed by atoms with Crippen molar-refractivity contribution in [2.75, 3.05) is 19.0 Å². The number of hydrogen-bond acceptors (Lipinski definition) is 6. The molecule has 106 valence electrons. The van der Waals surface area contributed by atoms with Crippen molar-refractivity contribution in [3.8, 4) is 5.75 Å². The van der Waals surface area contributed by atoms with Crippen LogP contribution in [0, 0.1) is 6.92 Å². The van der Waals surface area contributed by atoms with Crippen molar-refractivity contribution >= 4 is 17.7 Å². The summed E-state index contributed by atoms with van der Waals surface area (Å²) >= 11 is 0. The van der Waals surface area contributed by atoms with Crippen LogP contribution < -0.4 is 10.1 Å². The predicted octanol–water partition coefficient (Wildman–Crippen LogP) is 2.91. The molecule has 6 nitrogen and oxygen atoms in total. The fourth-order valence-corrected chi connectivity index (χ4v) is 1.66. The zero-order valence-electron chi connectivity index (χ0n) is 11.6. The molecule has 2 rings (SSSR count). The van der Waals surface area contributed by atoms with Gasteiger partial charge in [-0.1, -0.05) is 6.07 Å². The summed E-state index contributed by atoms with van der Waals surface area (Å²) in [5.74, 6) is 0.145. The van der Waals surface area contributed by atoms with Crippen molar-refractivity contribution in [3.05, 3.63) is 35.7 Å². The Morgan fingerprint density at radius 3 is 2.95 bits per heavy atom. The number of hydrogen-bond donors (Lipinski definition) is 1. The minimum absolute atomic E-state index is 0.126. The van der Waals surface area contributed by atoms with Gasteiger partial charge in [0.1, 0.15) is 12.0 Å². The highest BCUT2D eigenvalue weighted by Crippen LogP contribution is 2.28. The molecule has 0 saturated heterocycles. The van der Waals surface area contributed by atoms with Gasteiger partial charge in [0.15, 0.2) is 5.69 Å². The summed E-state index contributed by atoms with van der Waals surface area (Å²) in [5.41, 5.74) is 1.90. The molecule has 1 N–H and O–H groups in total. The third-order valence-corrected chi connectivity index (χ3v) is 2.59. The lowest BCUT2D eigenvalue weighted by Gasteiger charge is -2.09. The third-order valence-electron chi connectivity index (χ3n) is 2.59. The van der Waals surface area contributed by atoms with Gasteiger partial charge in [0.25, 0.3) is 6.01 Å². The van der Waals surface area contributed by atoms with E-state index in [2.05, 4.69) is 10.3 Å². The Balaban J connectivity index is 2.18. The molecule has 0 bridgehead atoms. The quantitative estimate of drug-likeness (QED) is 0.846. The maximum Gasteiger partial charge on any atom is 0.360 e. The number of aromatic nitrogens is 1. The first-order chi connectivity index (χ1) is 9.63. The van der Waals surface area contributed by atoms with E-state index < -0.39 is 5.97 Å². The molecular weight excluding hydrogens is 260 g/mol. The Kier molecular flexibility index (Phi) is 4.24. The Labute approximate surface area is 116 Å². The lowest BCUT2D eigenvalue weighted by molar-refractivity contribution is 0.0519. The average Bonchev–Trinajstić information content (AvgIpc) is 2.88. The molecule has 0 aliphatic heterocycles. The number of ether oxygens (including phenoxy) is 2. The summed E-state index contributed by atoms with van der Waals surface area (Å²) in [6.45, 7) is 3.99. The van der Waals surface area contributed by atoms with Gasteiger partial charge in [-0.05, 0) is 31.5 Å². The van der Waals surface area contributed by atoms with Crippen molar-refractivity contribution < 1.29 is 18.7 Å². The molecule has 0 spiro atoms. The van der Waals surface area contributed by atoms with Crippen LogP contribution in [-0.2, 0) is 4.74 Å². The first kappa shape index (κ1) is 13.9. The monoisotopic (exact) mass is 276 g/mol. The highest BCUT2D eigenvalue weighted by Gasteiger charge is 2.14. The van der Waals surface area contributed by atoms with Gasteiger partial charge in [-0.3, -0.25) is 0 Å². The fraction of sp³-hybridized carbons (Fsp3) is 0.286. The number of anilines is 2. The van der Waals surface area contributed by atoms with Crippen LogP contribution in [0.5, 0.6) is 5.75 Å². The van der Waals surface area contributed by atoms with Crippen molar-refractivity contribution in [2.24, 2.45) is 0 Å². The van der Waals surface area contributed by atoms with E-state index in [9.17, 15) is 4.79 Å². The Morgan fingerprint density at radius 2 is 2.25 bits per heavy atom. The molecule has 20 heavy (non-hydrogen) atoms. The lowest BCUT2D eigenvalue weighted by Crippen LogP contribution is -2.05. The lowest BCUT2D eigenvalue weighted by atomic mass is 10.2. The molecule has 1 heterocycles. The number of carbonyl (C=O) groups excluding carboxylic acids is 1. The van der Waals surface area contributed by atoms with E-state index in [1.54, 1.807) is 14.0 Å². The van der Waals surface area contributed by atoms with E-state index in [0.29, 0.717) is 18.0 Å². The Morgan fingerprint density at radius 1 is 1.45 bits per heavy atom. The van der Waals surface area contributed by atoms with Gasteiger partial charge >= 0.3 is 5.97 Å². The topological polar surface area (TPSA) is 73.6 Å². The molecule has 0 unspecified atom stereocenters. The molecule has 0 fully saturated rings. The van der Waals surface area contributed by atoms with Gasteiger partial charge in [0.05, 0.1) is 19.4 Å². The maximum absolute atomic E-state index is 11.5. The summed E-state index contributed by atoms with van der Waals surface area (Å²) in [6.07, 6.45) is 1.25. The first-order valence-electron chi connectivity index (χ1n) is 6.18. The van der Waals surface area contributed by atoms with E-state index in [4.69, 9.17) is 13.9 Å². The van der Waals surface area contributed by atoms with Gasteiger partial charge < -0.3 is 19.2 Å². The molecule has 1 aromatic carbocycles. The second-order valence-electron chi connectivity index (χ2n) is 4.09. The van der Waals surface area contributed by atoms with Crippen molar-refractivity contribution in [1.29, 1.82) is 0 Å². The van der Waals surface area contributed by atoms with Crippen LogP contribution in [0.3, 0.4) is 0 Å². The predicted molar refractivity (Wildman–Crippen MR) is 73.5 cm³/mol. The number of nitrogens with zero attached hydrogens (tertiary/aromatic N) is 1. The molecule has 2 aromatic rings. The number of carbonyl (C=O) groups is 1. The second-order valence-corrected chi connectivity index (χ2v) is 4.09. The zero-order chi connectivity index (χ0) is 14.5. The number of rotatable bonds is 5. The number of nitrogens with one attached hydrogen (secondary N) is 1. The Bertz CT molecular complexity index is 607. The van der Waals surface area contributed by atoms with Crippen LogP contribution in [-0.4, -0.2) is 24.7 Å². The fourth-order valence-electron chi connectivity index (χ4n) is 1.66. The second kappa shape index (κ2) is 6.10. The van der Waals surface area contributed by atoms with Crippen LogP contribution >= 0.6 is 0 Å². The molecule has 1 aromatic heterocycles. The molecule has 0 saturated carbocycles. The normalized spacial score (nSPS) is 10.2. The van der Waals surface area contributed by atoms with Crippen molar-refractivity contribution in [1.82, 2.24) is 4.98 Å². The average molecular weight is 276 g/mol. The molecule has 0 atom stereocenters. The molecule has 0 amide bonds. The zero-order valence-corrected chi connectivity index (χ0v) is 11.6. The standard InChI is InChI=1S/C14H16N2O4/c1-4-19-13(17)11-8-20-14(16-11)15-10-7-9(2)5-6-12(10)18-3/h5-8H,4H2,1-3H3,(H,15,16). The van der Waals surface area contributed by atoms with E-state index in [-0.39, 0.29) is 11.7 Å². The van der Waals surface area contributed by atoms with E-state index in [0.717, 1.165) is 5.56 Å². The molecule has 0 aliphatic rings. The van der Waals surface area contributed by atoms with Gasteiger partial charge in [-0.2, -0.15) is 4.98 Å². The summed E-state index contributed by atoms with van der Waals surface area (Å²) in [5, 5.41) is 2.97. The summed E-state index contributed by atoms with van der Waals surface area (Å²) < 4.78 is 15.3. The summed E-state index contributed by atoms with van der Waals surface area (Å²) in [4.78, 5) is 15.5. The van der Waals surface area contributed by atoms with Gasteiger partial charge in [0, 0.05) is 0 Å². The largest absolute Gasteiger partial charge is 0.495 e. The highest BCUT2D eigenvalue weighted by atomic mass is 16.5. The number of benzene rings is 1. The van der Waals surface area contributed by atoms with Crippen molar-refractivity contribution in [2.45, 2.75) is 13.8 Å².